The number of rotatable bonds is 15. The van der Waals surface area contributed by atoms with Crippen LogP contribution in [-0.4, -0.2) is 166 Å². The summed E-state index contributed by atoms with van der Waals surface area (Å²) in [6.45, 7) is -2.81. The van der Waals surface area contributed by atoms with E-state index in [1.165, 1.54) is 12.1 Å². The Morgan fingerprint density at radius 1 is 0.885 bits per heavy atom. The molecule has 22 nitrogen and oxygen atoms in total. The highest BCUT2D eigenvalue weighted by Crippen LogP contribution is 2.25. The molecule has 10 atom stereocenters. The van der Waals surface area contributed by atoms with E-state index in [-0.39, 0.29) is 30.1 Å². The molecule has 2 aliphatic heterocycles. The van der Waals surface area contributed by atoms with E-state index in [2.05, 4.69) is 31.9 Å². The second-order valence-electron chi connectivity index (χ2n) is 14.0. The topological polar surface area (TPSA) is 363 Å². The first-order valence-electron chi connectivity index (χ1n) is 18.8. The second-order valence-corrected chi connectivity index (χ2v) is 16.5. The van der Waals surface area contributed by atoms with Gasteiger partial charge in [0.25, 0.3) is 0 Å². The average Bonchev–Trinajstić information content (AvgIpc) is 3.24. The molecule has 2 aromatic carbocycles. The molecule has 4 rings (SSSR count). The molecule has 0 aliphatic carbocycles. The predicted molar refractivity (Wildman–Crippen MR) is 218 cm³/mol. The maximum absolute atomic E-state index is 14.0. The summed E-state index contributed by atoms with van der Waals surface area (Å²) in [7, 11) is 2.03. The summed E-state index contributed by atoms with van der Waals surface area (Å²) in [6, 6.07) is 7.85. The minimum absolute atomic E-state index is 0.0220. The number of carbonyl (C=O) groups excluding carboxylic acids is 7. The molecule has 0 aromatic heterocycles. The zero-order valence-corrected chi connectivity index (χ0v) is 34.1. The highest BCUT2D eigenvalue weighted by molar-refractivity contribution is 8.76. The molecule has 0 saturated carbocycles. The van der Waals surface area contributed by atoms with Gasteiger partial charge in [-0.15, -0.1) is 0 Å². The number of primary amides is 1. The fraction of sp³-hybridized carbons (Fsp3) is 0.486. The molecule has 2 heterocycles. The van der Waals surface area contributed by atoms with Gasteiger partial charge in [-0.05, 0) is 29.7 Å². The normalized spacial score (nSPS) is 26.2. The van der Waals surface area contributed by atoms with Crippen LogP contribution in [-0.2, 0) is 55.9 Å². The number of phenolic OH excluding ortho intramolecular Hbond substituents is 1. The van der Waals surface area contributed by atoms with Crippen LogP contribution in [0.3, 0.4) is 0 Å². The number of aliphatic hydroxyl groups excluding tert-OH is 4. The predicted octanol–water partition coefficient (Wildman–Crippen LogP) is -5.63. The molecule has 7 amide bonds. The number of nitrogens with one attached hydrogen (secondary N) is 6. The van der Waals surface area contributed by atoms with Crippen molar-refractivity contribution in [2.24, 2.45) is 11.5 Å². The Kier molecular flexibility index (Phi) is 19.0. The van der Waals surface area contributed by atoms with Gasteiger partial charge in [-0.2, -0.15) is 0 Å². The van der Waals surface area contributed by atoms with Crippen LogP contribution < -0.4 is 43.4 Å². The van der Waals surface area contributed by atoms with Crippen molar-refractivity contribution in [1.82, 2.24) is 31.9 Å². The molecule has 24 heteroatoms. The molecule has 0 bridgehead atoms. The van der Waals surface area contributed by atoms with E-state index in [0.717, 1.165) is 21.6 Å². The van der Waals surface area contributed by atoms with Gasteiger partial charge in [0.15, 0.2) is 6.29 Å². The van der Waals surface area contributed by atoms with Gasteiger partial charge < -0.3 is 78.4 Å². The molecule has 2 aromatic rings. The lowest BCUT2D eigenvalue weighted by Crippen LogP contribution is -2.61. The van der Waals surface area contributed by atoms with E-state index in [9.17, 15) is 59.1 Å². The van der Waals surface area contributed by atoms with Crippen molar-refractivity contribution in [3.8, 4) is 5.75 Å². The first-order chi connectivity index (χ1) is 29.1. The summed E-state index contributed by atoms with van der Waals surface area (Å²) in [4.78, 5) is 92.2. The van der Waals surface area contributed by atoms with Crippen LogP contribution in [0, 0.1) is 0 Å². The second kappa shape index (κ2) is 23.8. The number of amides is 7. The van der Waals surface area contributed by atoms with Gasteiger partial charge in [0.1, 0.15) is 54.3 Å². The minimum Gasteiger partial charge on any atom is -0.508 e. The van der Waals surface area contributed by atoms with Crippen LogP contribution in [0.25, 0.3) is 0 Å². The van der Waals surface area contributed by atoms with Gasteiger partial charge in [0.05, 0.1) is 32.3 Å². The van der Waals surface area contributed by atoms with E-state index >= 15 is 0 Å². The number of benzene rings is 2. The molecule has 0 unspecified atom stereocenters. The Morgan fingerprint density at radius 3 is 2.25 bits per heavy atom. The van der Waals surface area contributed by atoms with E-state index in [1.54, 1.807) is 42.5 Å². The average molecular weight is 895 g/mol. The van der Waals surface area contributed by atoms with Gasteiger partial charge in [0, 0.05) is 17.9 Å². The SMILES string of the molecule is NC(=O)CNC(=O)[C@@H](CO[C@@H]1O[C@H](CO)[C@@H](O)[C@H](O)[C@H]1O)NC(=O)[C@H]1CSSC[C@@H](NC(=O)[C@@H](N)Cc2ccc(O)cc2)C(=O)NCC(=O)N[C@@H](Cc2ccccc2)C(=O)N1. The van der Waals surface area contributed by atoms with Crippen molar-refractivity contribution in [2.75, 3.05) is 37.8 Å². The lowest BCUT2D eigenvalue weighted by atomic mass is 9.99. The van der Waals surface area contributed by atoms with Crippen molar-refractivity contribution in [1.29, 1.82) is 0 Å². The molecular formula is C37H50N8O14S2. The largest absolute Gasteiger partial charge is 0.508 e. The van der Waals surface area contributed by atoms with Crippen molar-refractivity contribution in [2.45, 2.75) is 73.8 Å². The van der Waals surface area contributed by atoms with Gasteiger partial charge in [0.2, 0.25) is 41.4 Å². The first-order valence-corrected chi connectivity index (χ1v) is 21.3. The lowest BCUT2D eigenvalue weighted by molar-refractivity contribution is -0.301. The molecule has 2 aliphatic rings. The lowest BCUT2D eigenvalue weighted by Gasteiger charge is -2.40. The van der Waals surface area contributed by atoms with Crippen LogP contribution in [0.1, 0.15) is 11.1 Å². The fourth-order valence-electron chi connectivity index (χ4n) is 5.87. The summed E-state index contributed by atoms with van der Waals surface area (Å²) in [5.74, 6) is -6.26. The summed E-state index contributed by atoms with van der Waals surface area (Å²) in [6.07, 6.45) is -8.46. The Balaban J connectivity index is 1.55. The van der Waals surface area contributed by atoms with Crippen LogP contribution >= 0.6 is 21.6 Å². The number of hydrogen-bond donors (Lipinski definition) is 13. The van der Waals surface area contributed by atoms with Crippen LogP contribution in [0.5, 0.6) is 5.75 Å². The maximum atomic E-state index is 14.0. The van der Waals surface area contributed by atoms with Gasteiger partial charge in [-0.3, -0.25) is 33.6 Å². The molecule has 334 valence electrons. The molecule has 2 saturated heterocycles. The van der Waals surface area contributed by atoms with Crippen LogP contribution in [0.15, 0.2) is 54.6 Å². The number of nitrogens with two attached hydrogens (primary N) is 2. The summed E-state index contributed by atoms with van der Waals surface area (Å²) < 4.78 is 10.8. The van der Waals surface area contributed by atoms with Crippen LogP contribution in [0.2, 0.25) is 0 Å². The van der Waals surface area contributed by atoms with Crippen LogP contribution in [0.4, 0.5) is 0 Å². The molecule has 0 spiro atoms. The van der Waals surface area contributed by atoms with Crippen molar-refractivity contribution >= 4 is 62.9 Å². The number of hydrogen-bond acceptors (Lipinski definition) is 17. The van der Waals surface area contributed by atoms with Gasteiger partial charge in [-0.1, -0.05) is 64.1 Å². The van der Waals surface area contributed by atoms with Crippen molar-refractivity contribution in [3.05, 3.63) is 65.7 Å². The molecule has 2 fully saturated rings. The van der Waals surface area contributed by atoms with E-state index in [1.807, 2.05) is 0 Å². The monoisotopic (exact) mass is 894 g/mol. The standard InChI is InChI=1S/C37H50N8O14S2/c38-21(10-19-6-8-20(47)9-7-19)32(53)44-24-16-60-61-17-25(45-35(56)22(11-18-4-2-1-3-5-18)42-28(49)13-41-34(24)55)36(57)43-23(33(54)40-12-27(39)48)15-58-37-31(52)30(51)29(50)26(14-46)59-37/h1-9,21-26,29-31,37,46-47,50-52H,10-17,38H2,(H2,39,48)(H,40,54)(H,41,55)(H,42,49)(H,43,57)(H,44,53)(H,45,56)/t21-,22-,23+,24+,25+,26+,29+,30-,31+,37+/m0/s1. The van der Waals surface area contributed by atoms with E-state index in [0.29, 0.717) is 11.1 Å². The highest BCUT2D eigenvalue weighted by atomic mass is 33.1. The highest BCUT2D eigenvalue weighted by Gasteiger charge is 2.44. The zero-order valence-electron chi connectivity index (χ0n) is 32.5. The van der Waals surface area contributed by atoms with Gasteiger partial charge >= 0.3 is 0 Å². The number of phenols is 1. The Labute approximate surface area is 357 Å². The van der Waals surface area contributed by atoms with E-state index < -0.39 is 129 Å². The van der Waals surface area contributed by atoms with Gasteiger partial charge in [-0.25, -0.2) is 0 Å². The third-order valence-corrected chi connectivity index (χ3v) is 11.7. The smallest absolute Gasteiger partial charge is 0.245 e. The maximum Gasteiger partial charge on any atom is 0.245 e. The zero-order chi connectivity index (χ0) is 44.6. The number of aliphatic hydroxyl groups is 4. The fourth-order valence-corrected chi connectivity index (χ4v) is 8.20. The minimum atomic E-state index is -1.86. The molecular weight excluding hydrogens is 845 g/mol. The van der Waals surface area contributed by atoms with Crippen molar-refractivity contribution < 1.29 is 68.6 Å². The number of ether oxygens (including phenoxy) is 2. The number of aromatic hydroxyl groups is 1. The Hall–Kier alpha value is -5.05. The number of carbonyl (C=O) groups is 7. The summed E-state index contributed by atoms with van der Waals surface area (Å²) in [5, 5.41) is 64.7. The third-order valence-electron chi connectivity index (χ3n) is 9.25. The third kappa shape index (κ3) is 15.1. The first kappa shape index (κ1) is 48.6. The molecule has 61 heavy (non-hydrogen) atoms. The van der Waals surface area contributed by atoms with Crippen molar-refractivity contribution in [3.63, 3.8) is 0 Å². The molecule has 15 N–H and O–H groups in total. The Bertz CT molecular complexity index is 1830. The summed E-state index contributed by atoms with van der Waals surface area (Å²) in [5.41, 5.74) is 12.6. The quantitative estimate of drug-likeness (QED) is 0.0741. The summed E-state index contributed by atoms with van der Waals surface area (Å²) >= 11 is 0. The molecule has 0 radical (unpaired) electrons. The van der Waals surface area contributed by atoms with E-state index in [4.69, 9.17) is 20.9 Å². The Morgan fingerprint density at radius 2 is 1.57 bits per heavy atom.